The Morgan fingerprint density at radius 2 is 2.31 bits per heavy atom. The molecule has 0 aromatic carbocycles. The molecule has 3 fully saturated rings. The number of methoxy groups -OCH3 is 1. The smallest absolute Gasteiger partial charge is 0.309 e. The fourth-order valence-electron chi connectivity index (χ4n) is 4.34. The molecule has 1 saturated heterocycles. The van der Waals surface area contributed by atoms with Crippen LogP contribution in [0, 0.1) is 23.2 Å². The molecule has 3 aliphatic rings. The standard InChI is InChI=1S/C13H20O3/c1-7(2)5-13-6-8(10-11(13)16-10)4-9(13)12(14)15-3/h7-11H,4-6H2,1-3H3. The molecular formula is C13H20O3. The number of rotatable bonds is 3. The quantitative estimate of drug-likeness (QED) is 0.543. The van der Waals surface area contributed by atoms with Crippen LogP contribution in [0.1, 0.15) is 33.1 Å². The molecule has 2 saturated carbocycles. The third-order valence-corrected chi connectivity index (χ3v) is 4.71. The number of epoxide rings is 1. The first kappa shape index (κ1) is 10.6. The molecule has 1 heterocycles. The van der Waals surface area contributed by atoms with Crippen LogP contribution in [0.5, 0.6) is 0 Å². The Kier molecular flexibility index (Phi) is 2.13. The predicted molar refractivity (Wildman–Crippen MR) is 58.8 cm³/mol. The summed E-state index contributed by atoms with van der Waals surface area (Å²) in [5.74, 6) is 1.31. The first-order chi connectivity index (χ1) is 7.58. The average Bonchev–Trinajstić information content (AvgIpc) is 2.90. The van der Waals surface area contributed by atoms with Gasteiger partial charge >= 0.3 is 5.97 Å². The number of carbonyl (C=O) groups excluding carboxylic acids is 1. The number of hydrogen-bond donors (Lipinski definition) is 0. The first-order valence-electron chi connectivity index (χ1n) is 6.32. The zero-order chi connectivity index (χ0) is 11.5. The normalized spacial score (nSPS) is 48.2. The Labute approximate surface area is 96.5 Å². The van der Waals surface area contributed by atoms with Gasteiger partial charge in [0.1, 0.15) is 0 Å². The van der Waals surface area contributed by atoms with E-state index in [1.54, 1.807) is 0 Å². The molecule has 2 aliphatic carbocycles. The van der Waals surface area contributed by atoms with E-state index in [4.69, 9.17) is 9.47 Å². The average molecular weight is 224 g/mol. The van der Waals surface area contributed by atoms with E-state index in [9.17, 15) is 4.79 Å². The highest BCUT2D eigenvalue weighted by Crippen LogP contribution is 2.68. The first-order valence-corrected chi connectivity index (χ1v) is 6.32. The minimum absolute atomic E-state index is 0.0166. The van der Waals surface area contributed by atoms with E-state index < -0.39 is 0 Å². The summed E-state index contributed by atoms with van der Waals surface area (Å²) in [7, 11) is 1.50. The molecule has 0 N–H and O–H groups in total. The van der Waals surface area contributed by atoms with E-state index in [1.165, 1.54) is 13.5 Å². The molecule has 3 nitrogen and oxygen atoms in total. The van der Waals surface area contributed by atoms with Gasteiger partial charge in [-0.3, -0.25) is 4.79 Å². The number of ether oxygens (including phenoxy) is 2. The van der Waals surface area contributed by atoms with Crippen LogP contribution < -0.4 is 0 Å². The second kappa shape index (κ2) is 3.22. The maximum atomic E-state index is 11.9. The third-order valence-electron chi connectivity index (χ3n) is 4.71. The molecule has 0 aromatic rings. The highest BCUT2D eigenvalue weighted by Gasteiger charge is 2.73. The van der Waals surface area contributed by atoms with Crippen molar-refractivity contribution in [2.45, 2.75) is 45.3 Å². The summed E-state index contributed by atoms with van der Waals surface area (Å²) in [6, 6.07) is 0. The summed E-state index contributed by atoms with van der Waals surface area (Å²) in [4.78, 5) is 11.9. The van der Waals surface area contributed by atoms with E-state index in [2.05, 4.69) is 13.8 Å². The molecule has 0 spiro atoms. The largest absolute Gasteiger partial charge is 0.469 e. The minimum Gasteiger partial charge on any atom is -0.469 e. The Bertz CT molecular complexity index is 325. The van der Waals surface area contributed by atoms with Crippen molar-refractivity contribution in [3.63, 3.8) is 0 Å². The highest BCUT2D eigenvalue weighted by atomic mass is 16.6. The SMILES string of the molecule is COC(=O)C1CC2CC1(CC(C)C)C1OC21. The number of hydrogen-bond acceptors (Lipinski definition) is 3. The Morgan fingerprint density at radius 3 is 2.88 bits per heavy atom. The highest BCUT2D eigenvalue weighted by molar-refractivity contribution is 5.74. The van der Waals surface area contributed by atoms with Gasteiger partial charge in [-0.25, -0.2) is 0 Å². The predicted octanol–water partition coefficient (Wildman–Crippen LogP) is 2.00. The van der Waals surface area contributed by atoms with Gasteiger partial charge in [-0.2, -0.15) is 0 Å². The molecule has 90 valence electrons. The summed E-state index contributed by atoms with van der Waals surface area (Å²) in [6.07, 6.45) is 4.10. The monoisotopic (exact) mass is 224 g/mol. The van der Waals surface area contributed by atoms with E-state index in [-0.39, 0.29) is 17.3 Å². The minimum atomic E-state index is -0.0166. The van der Waals surface area contributed by atoms with Crippen LogP contribution in [-0.4, -0.2) is 25.3 Å². The lowest BCUT2D eigenvalue weighted by atomic mass is 9.70. The molecule has 0 amide bonds. The molecule has 16 heavy (non-hydrogen) atoms. The van der Waals surface area contributed by atoms with Gasteiger partial charge in [0, 0.05) is 5.41 Å². The van der Waals surface area contributed by atoms with Crippen LogP contribution in [-0.2, 0) is 14.3 Å². The van der Waals surface area contributed by atoms with Gasteiger partial charge in [-0.15, -0.1) is 0 Å². The molecule has 5 unspecified atom stereocenters. The number of fused-ring (bicyclic) bond motifs is 5. The van der Waals surface area contributed by atoms with Crippen LogP contribution in [0.2, 0.25) is 0 Å². The van der Waals surface area contributed by atoms with Gasteiger partial charge in [-0.05, 0) is 31.1 Å². The molecule has 3 rings (SSSR count). The lowest BCUT2D eigenvalue weighted by molar-refractivity contribution is -0.150. The molecule has 0 radical (unpaired) electrons. The topological polar surface area (TPSA) is 38.8 Å². The van der Waals surface area contributed by atoms with Crippen molar-refractivity contribution in [3.8, 4) is 0 Å². The molecule has 5 atom stereocenters. The third kappa shape index (κ3) is 1.21. The Hall–Kier alpha value is -0.570. The van der Waals surface area contributed by atoms with E-state index >= 15 is 0 Å². The van der Waals surface area contributed by atoms with Gasteiger partial charge in [0.2, 0.25) is 0 Å². The van der Waals surface area contributed by atoms with Crippen LogP contribution in [0.25, 0.3) is 0 Å². The number of esters is 1. The maximum absolute atomic E-state index is 11.9. The molecule has 0 aromatic heterocycles. The van der Waals surface area contributed by atoms with Crippen molar-refractivity contribution in [1.29, 1.82) is 0 Å². The molecule has 1 aliphatic heterocycles. The van der Waals surface area contributed by atoms with Crippen LogP contribution in [0.4, 0.5) is 0 Å². The van der Waals surface area contributed by atoms with Crippen molar-refractivity contribution >= 4 is 5.97 Å². The molecule has 3 heteroatoms. The van der Waals surface area contributed by atoms with Crippen molar-refractivity contribution in [1.82, 2.24) is 0 Å². The summed E-state index contributed by atoms with van der Waals surface area (Å²) in [5.41, 5.74) is 0.108. The van der Waals surface area contributed by atoms with Gasteiger partial charge in [0.25, 0.3) is 0 Å². The second-order valence-electron chi connectivity index (χ2n) is 6.13. The fraction of sp³-hybridized carbons (Fsp3) is 0.923. The van der Waals surface area contributed by atoms with E-state index in [0.29, 0.717) is 24.0 Å². The fourth-order valence-corrected chi connectivity index (χ4v) is 4.34. The Morgan fingerprint density at radius 1 is 1.56 bits per heavy atom. The van der Waals surface area contributed by atoms with E-state index in [1.807, 2.05) is 0 Å². The summed E-state index contributed by atoms with van der Waals surface area (Å²) in [5, 5.41) is 0. The number of carbonyl (C=O) groups is 1. The second-order valence-corrected chi connectivity index (χ2v) is 6.13. The zero-order valence-electron chi connectivity index (χ0n) is 10.2. The molecular weight excluding hydrogens is 204 g/mol. The summed E-state index contributed by atoms with van der Waals surface area (Å²) < 4.78 is 10.7. The van der Waals surface area contributed by atoms with Crippen molar-refractivity contribution in [3.05, 3.63) is 0 Å². The van der Waals surface area contributed by atoms with Crippen molar-refractivity contribution < 1.29 is 14.3 Å². The van der Waals surface area contributed by atoms with Gasteiger partial charge in [0.05, 0.1) is 25.2 Å². The van der Waals surface area contributed by atoms with Crippen LogP contribution in [0.3, 0.4) is 0 Å². The van der Waals surface area contributed by atoms with Crippen molar-refractivity contribution in [2.24, 2.45) is 23.2 Å². The van der Waals surface area contributed by atoms with Gasteiger partial charge in [-0.1, -0.05) is 13.8 Å². The maximum Gasteiger partial charge on any atom is 0.309 e. The van der Waals surface area contributed by atoms with Gasteiger partial charge in [0.15, 0.2) is 0 Å². The lowest BCUT2D eigenvalue weighted by Gasteiger charge is -2.33. The van der Waals surface area contributed by atoms with Crippen LogP contribution >= 0.6 is 0 Å². The summed E-state index contributed by atoms with van der Waals surface area (Å²) >= 11 is 0. The van der Waals surface area contributed by atoms with E-state index in [0.717, 1.165) is 12.8 Å². The van der Waals surface area contributed by atoms with Crippen LogP contribution in [0.15, 0.2) is 0 Å². The molecule has 2 bridgehead atoms. The summed E-state index contributed by atoms with van der Waals surface area (Å²) in [6.45, 7) is 4.46. The lowest BCUT2D eigenvalue weighted by Crippen LogP contribution is -2.38. The van der Waals surface area contributed by atoms with Crippen molar-refractivity contribution in [2.75, 3.05) is 7.11 Å². The van der Waals surface area contributed by atoms with Gasteiger partial charge < -0.3 is 9.47 Å². The zero-order valence-corrected chi connectivity index (χ0v) is 10.2. The Balaban J connectivity index is 1.88.